The van der Waals surface area contributed by atoms with Gasteiger partial charge in [-0.3, -0.25) is 4.79 Å². The molecule has 1 N–H and O–H groups in total. The van der Waals surface area contributed by atoms with Gasteiger partial charge in [-0.2, -0.15) is 5.10 Å². The highest BCUT2D eigenvalue weighted by Crippen LogP contribution is 2.27. The molecule has 0 saturated heterocycles. The van der Waals surface area contributed by atoms with Crippen LogP contribution < -0.4 is 10.9 Å². The van der Waals surface area contributed by atoms with Crippen LogP contribution in [0.15, 0.2) is 10.9 Å². The first-order valence-corrected chi connectivity index (χ1v) is 7.69. The molecular formula is C14H21N5OS. The Kier molecular flexibility index (Phi) is 4.13. The Bertz CT molecular complexity index is 696. The van der Waals surface area contributed by atoms with Crippen molar-refractivity contribution in [2.75, 3.05) is 5.32 Å². The molecule has 2 aromatic heterocycles. The van der Waals surface area contributed by atoms with Gasteiger partial charge in [0.05, 0.1) is 11.3 Å². The van der Waals surface area contributed by atoms with Gasteiger partial charge in [0, 0.05) is 18.5 Å². The van der Waals surface area contributed by atoms with Gasteiger partial charge in [-0.15, -0.1) is 10.2 Å². The maximum atomic E-state index is 12.3. The SMILES string of the molecule is CC(C)Nc1nnc(-c2cc(C(C)(C)C)nn(C)c2=O)s1. The molecule has 0 amide bonds. The van der Waals surface area contributed by atoms with Crippen LogP contribution in [0.1, 0.15) is 40.3 Å². The second-order valence-corrected chi connectivity index (χ2v) is 7.31. The van der Waals surface area contributed by atoms with E-state index in [1.54, 1.807) is 7.05 Å². The number of nitrogens with one attached hydrogen (secondary N) is 1. The van der Waals surface area contributed by atoms with E-state index in [4.69, 9.17) is 0 Å². The quantitative estimate of drug-likeness (QED) is 0.942. The maximum absolute atomic E-state index is 12.3. The number of aromatic nitrogens is 4. The van der Waals surface area contributed by atoms with E-state index in [0.717, 1.165) is 10.8 Å². The molecule has 0 aliphatic carbocycles. The van der Waals surface area contributed by atoms with Crippen LogP contribution in [0.2, 0.25) is 0 Å². The Hall–Kier alpha value is -1.76. The normalized spacial score (nSPS) is 12.0. The van der Waals surface area contributed by atoms with Gasteiger partial charge in [-0.25, -0.2) is 4.68 Å². The molecule has 2 aromatic rings. The second-order valence-electron chi connectivity index (χ2n) is 6.33. The highest BCUT2D eigenvalue weighted by atomic mass is 32.1. The summed E-state index contributed by atoms with van der Waals surface area (Å²) in [4.78, 5) is 12.3. The van der Waals surface area contributed by atoms with E-state index in [1.165, 1.54) is 16.0 Å². The minimum Gasteiger partial charge on any atom is -0.358 e. The van der Waals surface area contributed by atoms with Crippen LogP contribution in [0.25, 0.3) is 10.6 Å². The summed E-state index contributed by atoms with van der Waals surface area (Å²) < 4.78 is 1.37. The van der Waals surface area contributed by atoms with Crippen molar-refractivity contribution in [3.8, 4) is 10.6 Å². The molecule has 0 spiro atoms. The number of rotatable bonds is 3. The van der Waals surface area contributed by atoms with Crippen molar-refractivity contribution >= 4 is 16.5 Å². The van der Waals surface area contributed by atoms with Crippen molar-refractivity contribution in [3.05, 3.63) is 22.1 Å². The summed E-state index contributed by atoms with van der Waals surface area (Å²) in [5.41, 5.74) is 1.11. The maximum Gasteiger partial charge on any atom is 0.276 e. The van der Waals surface area contributed by atoms with Gasteiger partial charge in [-0.1, -0.05) is 32.1 Å². The number of aryl methyl sites for hydroxylation is 1. The zero-order valence-corrected chi connectivity index (χ0v) is 14.1. The predicted molar refractivity (Wildman–Crippen MR) is 85.8 cm³/mol. The predicted octanol–water partition coefficient (Wildman–Crippen LogP) is 2.42. The van der Waals surface area contributed by atoms with Gasteiger partial charge in [0.15, 0.2) is 5.01 Å². The van der Waals surface area contributed by atoms with Gasteiger partial charge in [0.2, 0.25) is 5.13 Å². The van der Waals surface area contributed by atoms with E-state index >= 15 is 0 Å². The summed E-state index contributed by atoms with van der Waals surface area (Å²) in [6, 6.07) is 2.10. The standard InChI is InChI=1S/C14H21N5OS/c1-8(2)15-13-17-16-11(21-13)9-7-10(14(3,4)5)18-19(6)12(9)20/h7-8H,1-6H3,(H,15,17). The summed E-state index contributed by atoms with van der Waals surface area (Å²) in [5, 5.41) is 17.1. The summed E-state index contributed by atoms with van der Waals surface area (Å²) in [6.07, 6.45) is 0. The lowest BCUT2D eigenvalue weighted by Gasteiger charge is -2.18. The molecule has 7 heteroatoms. The molecule has 0 aliphatic heterocycles. The van der Waals surface area contributed by atoms with Crippen molar-refractivity contribution in [2.45, 2.75) is 46.1 Å². The summed E-state index contributed by atoms with van der Waals surface area (Å²) >= 11 is 1.38. The number of nitrogens with zero attached hydrogens (tertiary/aromatic N) is 4. The summed E-state index contributed by atoms with van der Waals surface area (Å²) in [6.45, 7) is 10.3. The van der Waals surface area contributed by atoms with E-state index < -0.39 is 0 Å². The fourth-order valence-electron chi connectivity index (χ4n) is 1.77. The molecule has 2 heterocycles. The molecule has 0 aliphatic rings. The fraction of sp³-hybridized carbons (Fsp3) is 0.571. The Morgan fingerprint density at radius 1 is 1.29 bits per heavy atom. The van der Waals surface area contributed by atoms with E-state index in [1.807, 2.05) is 19.9 Å². The van der Waals surface area contributed by atoms with Crippen LogP contribution in [0.3, 0.4) is 0 Å². The Morgan fingerprint density at radius 3 is 2.52 bits per heavy atom. The van der Waals surface area contributed by atoms with Crippen LogP contribution in [0.4, 0.5) is 5.13 Å². The molecule has 0 atom stereocenters. The van der Waals surface area contributed by atoms with Gasteiger partial charge < -0.3 is 5.32 Å². The molecule has 0 unspecified atom stereocenters. The molecule has 0 radical (unpaired) electrons. The average molecular weight is 307 g/mol. The second kappa shape index (κ2) is 5.55. The Balaban J connectivity index is 2.50. The molecule has 0 fully saturated rings. The van der Waals surface area contributed by atoms with E-state index in [0.29, 0.717) is 10.6 Å². The van der Waals surface area contributed by atoms with Crippen LogP contribution in [0.5, 0.6) is 0 Å². The van der Waals surface area contributed by atoms with Crippen molar-refractivity contribution < 1.29 is 0 Å². The van der Waals surface area contributed by atoms with Gasteiger partial charge in [0.1, 0.15) is 0 Å². The van der Waals surface area contributed by atoms with Crippen molar-refractivity contribution in [1.82, 2.24) is 20.0 Å². The number of hydrogen-bond donors (Lipinski definition) is 1. The molecule has 0 aromatic carbocycles. The topological polar surface area (TPSA) is 72.7 Å². The Labute approximate surface area is 128 Å². The van der Waals surface area contributed by atoms with Crippen LogP contribution in [0, 0.1) is 0 Å². The zero-order valence-electron chi connectivity index (χ0n) is 13.3. The minimum atomic E-state index is -0.157. The minimum absolute atomic E-state index is 0.135. The molecule has 0 bridgehead atoms. The number of anilines is 1. The zero-order chi connectivity index (χ0) is 15.8. The smallest absolute Gasteiger partial charge is 0.276 e. The first-order valence-electron chi connectivity index (χ1n) is 6.87. The monoisotopic (exact) mass is 307 g/mol. The third kappa shape index (κ3) is 3.47. The number of hydrogen-bond acceptors (Lipinski definition) is 6. The Morgan fingerprint density at radius 2 is 1.95 bits per heavy atom. The molecular weight excluding hydrogens is 286 g/mol. The van der Waals surface area contributed by atoms with Gasteiger partial charge in [-0.05, 0) is 19.9 Å². The van der Waals surface area contributed by atoms with Crippen molar-refractivity contribution in [3.63, 3.8) is 0 Å². The molecule has 114 valence electrons. The molecule has 2 rings (SSSR count). The van der Waals surface area contributed by atoms with Crippen molar-refractivity contribution in [2.24, 2.45) is 7.05 Å². The van der Waals surface area contributed by atoms with Gasteiger partial charge in [0.25, 0.3) is 5.56 Å². The largest absolute Gasteiger partial charge is 0.358 e. The summed E-state index contributed by atoms with van der Waals surface area (Å²) in [5.74, 6) is 0. The first-order chi connectivity index (χ1) is 9.68. The average Bonchev–Trinajstić information content (AvgIpc) is 2.78. The molecule has 0 saturated carbocycles. The van der Waals surface area contributed by atoms with E-state index in [2.05, 4.69) is 41.4 Å². The van der Waals surface area contributed by atoms with Crippen molar-refractivity contribution in [1.29, 1.82) is 0 Å². The molecule has 21 heavy (non-hydrogen) atoms. The van der Waals surface area contributed by atoms with Crippen LogP contribution in [-0.2, 0) is 12.5 Å². The third-order valence-electron chi connectivity index (χ3n) is 2.90. The van der Waals surface area contributed by atoms with Gasteiger partial charge >= 0.3 is 0 Å². The lowest BCUT2D eigenvalue weighted by Crippen LogP contribution is -2.26. The van der Waals surface area contributed by atoms with E-state index in [-0.39, 0.29) is 17.0 Å². The van der Waals surface area contributed by atoms with E-state index in [9.17, 15) is 4.79 Å². The fourth-order valence-corrected chi connectivity index (χ4v) is 2.66. The lowest BCUT2D eigenvalue weighted by atomic mass is 9.91. The van der Waals surface area contributed by atoms with Crippen LogP contribution in [-0.4, -0.2) is 26.0 Å². The van der Waals surface area contributed by atoms with Crippen LogP contribution >= 0.6 is 11.3 Å². The third-order valence-corrected chi connectivity index (χ3v) is 3.79. The lowest BCUT2D eigenvalue weighted by molar-refractivity contribution is 0.532. The highest BCUT2D eigenvalue weighted by Gasteiger charge is 2.21. The molecule has 6 nitrogen and oxygen atoms in total. The first kappa shape index (κ1) is 15.6. The summed E-state index contributed by atoms with van der Waals surface area (Å²) in [7, 11) is 1.66. The highest BCUT2D eigenvalue weighted by molar-refractivity contribution is 7.18.